The molecular formula is C29H33N3O2S. The number of aromatic nitrogens is 2. The predicted molar refractivity (Wildman–Crippen MR) is 140 cm³/mol. The second kappa shape index (κ2) is 8.68. The van der Waals surface area contributed by atoms with Crippen molar-refractivity contribution in [1.29, 1.82) is 0 Å². The molecule has 2 aliphatic rings. The molecule has 2 heterocycles. The number of rotatable bonds is 4. The van der Waals surface area contributed by atoms with Crippen LogP contribution in [0.3, 0.4) is 0 Å². The summed E-state index contributed by atoms with van der Waals surface area (Å²) in [5.41, 5.74) is 5.35. The maximum atomic E-state index is 13.8. The Bertz CT molecular complexity index is 1370. The van der Waals surface area contributed by atoms with Crippen LogP contribution < -0.4 is 0 Å². The Kier molecular flexibility index (Phi) is 5.93. The minimum atomic E-state index is -3.61. The maximum Gasteiger partial charge on any atom is 0.243 e. The number of nitrogens with zero attached hydrogens (tertiary/aromatic N) is 3. The molecule has 1 fully saturated rings. The van der Waals surface area contributed by atoms with Gasteiger partial charge in [0.15, 0.2) is 0 Å². The molecule has 3 aromatic rings. The van der Waals surface area contributed by atoms with E-state index in [9.17, 15) is 8.42 Å². The molecule has 5 rings (SSSR count). The standard InChI is InChI=1S/C29H33N3O2S/c1-21-30-19-23-18-29(17-22-8-6-5-7-9-22)20-32(15-14-25(29)16-27(23)31-21)35(33,34)26-12-10-24(11-13-26)28(2,3)4/h5-13,16,19H,14-15,17-18,20H2,1-4H3. The fourth-order valence-electron chi connectivity index (χ4n) is 5.43. The zero-order valence-corrected chi connectivity index (χ0v) is 21.8. The van der Waals surface area contributed by atoms with Crippen LogP contribution in [0.25, 0.3) is 6.08 Å². The van der Waals surface area contributed by atoms with Crippen molar-refractivity contribution >= 4 is 16.1 Å². The van der Waals surface area contributed by atoms with Crippen molar-refractivity contribution in [3.8, 4) is 0 Å². The number of benzene rings is 2. The minimum absolute atomic E-state index is 0.0250. The first kappa shape index (κ1) is 23.9. The highest BCUT2D eigenvalue weighted by atomic mass is 32.2. The first-order valence-electron chi connectivity index (χ1n) is 12.3. The lowest BCUT2D eigenvalue weighted by Crippen LogP contribution is -2.50. The number of fused-ring (bicyclic) bond motifs is 2. The summed E-state index contributed by atoms with van der Waals surface area (Å²) in [6.07, 6.45) is 6.32. The average Bonchev–Trinajstić information content (AvgIpc) is 2.82. The Morgan fingerprint density at radius 1 is 1.03 bits per heavy atom. The quantitative estimate of drug-likeness (QED) is 0.498. The van der Waals surface area contributed by atoms with Crippen LogP contribution in [0.4, 0.5) is 0 Å². The molecule has 0 saturated carbocycles. The Hall–Kier alpha value is -2.83. The second-order valence-corrected chi connectivity index (χ2v) is 12.9. The molecule has 0 radical (unpaired) electrons. The number of piperidine rings is 1. The predicted octanol–water partition coefficient (Wildman–Crippen LogP) is 5.35. The van der Waals surface area contributed by atoms with Crippen LogP contribution in [0.5, 0.6) is 0 Å². The summed E-state index contributed by atoms with van der Waals surface area (Å²) in [6.45, 7) is 9.23. The molecule has 1 aliphatic heterocycles. The second-order valence-electron chi connectivity index (χ2n) is 11.0. The zero-order valence-electron chi connectivity index (χ0n) is 21.0. The summed E-state index contributed by atoms with van der Waals surface area (Å²) in [7, 11) is -3.61. The van der Waals surface area contributed by atoms with E-state index >= 15 is 0 Å². The lowest BCUT2D eigenvalue weighted by atomic mass is 9.65. The van der Waals surface area contributed by atoms with Crippen LogP contribution in [0.2, 0.25) is 0 Å². The van der Waals surface area contributed by atoms with Crippen LogP contribution in [0, 0.1) is 12.3 Å². The van der Waals surface area contributed by atoms with E-state index in [4.69, 9.17) is 0 Å². The Balaban J connectivity index is 1.52. The van der Waals surface area contributed by atoms with Gasteiger partial charge in [-0.1, -0.05) is 68.8 Å². The summed E-state index contributed by atoms with van der Waals surface area (Å²) in [5.74, 6) is 0.759. The fraction of sp³-hybridized carbons (Fsp3) is 0.379. The van der Waals surface area contributed by atoms with E-state index in [2.05, 4.69) is 48.9 Å². The van der Waals surface area contributed by atoms with Crippen molar-refractivity contribution in [3.63, 3.8) is 0 Å². The summed E-state index contributed by atoms with van der Waals surface area (Å²) >= 11 is 0. The third-order valence-corrected chi connectivity index (χ3v) is 9.25. The highest BCUT2D eigenvalue weighted by Crippen LogP contribution is 2.46. The Morgan fingerprint density at radius 3 is 2.43 bits per heavy atom. The molecule has 0 amide bonds. The SMILES string of the molecule is Cc1ncc2c(n1)C=C1CCN(S(=O)(=O)c3ccc(C(C)(C)C)cc3)CC1(Cc1ccccc1)C2. The van der Waals surface area contributed by atoms with Gasteiger partial charge >= 0.3 is 0 Å². The monoisotopic (exact) mass is 487 g/mol. The molecule has 0 bridgehead atoms. The molecule has 35 heavy (non-hydrogen) atoms. The van der Waals surface area contributed by atoms with Crippen molar-refractivity contribution in [3.05, 3.63) is 94.6 Å². The van der Waals surface area contributed by atoms with E-state index in [1.807, 2.05) is 43.5 Å². The van der Waals surface area contributed by atoms with Crippen molar-refractivity contribution in [2.24, 2.45) is 5.41 Å². The summed E-state index contributed by atoms with van der Waals surface area (Å²) in [4.78, 5) is 9.47. The highest BCUT2D eigenvalue weighted by molar-refractivity contribution is 7.89. The molecule has 2 aromatic carbocycles. The number of hydrogen-bond donors (Lipinski definition) is 0. The Morgan fingerprint density at radius 2 is 1.74 bits per heavy atom. The van der Waals surface area contributed by atoms with Crippen molar-refractivity contribution in [2.45, 2.75) is 57.3 Å². The van der Waals surface area contributed by atoms with E-state index < -0.39 is 10.0 Å². The molecule has 1 aliphatic carbocycles. The van der Waals surface area contributed by atoms with Gasteiger partial charge in [0.05, 0.1) is 10.6 Å². The highest BCUT2D eigenvalue weighted by Gasteiger charge is 2.45. The van der Waals surface area contributed by atoms with Gasteiger partial charge < -0.3 is 0 Å². The van der Waals surface area contributed by atoms with Crippen molar-refractivity contribution < 1.29 is 8.42 Å². The molecule has 1 unspecified atom stereocenters. The molecule has 1 aromatic heterocycles. The van der Waals surface area contributed by atoms with Gasteiger partial charge in [-0.15, -0.1) is 0 Å². The van der Waals surface area contributed by atoms with Gasteiger partial charge in [-0.05, 0) is 66.5 Å². The summed E-state index contributed by atoms with van der Waals surface area (Å²) in [6, 6.07) is 17.8. The Labute approximate surface area is 209 Å². The van der Waals surface area contributed by atoms with Crippen LogP contribution in [-0.4, -0.2) is 35.8 Å². The molecule has 5 nitrogen and oxygen atoms in total. The molecule has 1 atom stereocenters. The first-order valence-corrected chi connectivity index (χ1v) is 13.7. The van der Waals surface area contributed by atoms with Crippen molar-refractivity contribution in [1.82, 2.24) is 14.3 Å². The third kappa shape index (κ3) is 4.57. The number of sulfonamides is 1. The van der Waals surface area contributed by atoms with Gasteiger partial charge in [0.25, 0.3) is 0 Å². The van der Waals surface area contributed by atoms with Gasteiger partial charge in [-0.2, -0.15) is 4.31 Å². The van der Waals surface area contributed by atoms with Crippen molar-refractivity contribution in [2.75, 3.05) is 13.1 Å². The van der Waals surface area contributed by atoms with Gasteiger partial charge in [0.1, 0.15) is 5.82 Å². The summed E-state index contributed by atoms with van der Waals surface area (Å²) < 4.78 is 29.3. The lowest BCUT2D eigenvalue weighted by Gasteiger charge is -2.46. The van der Waals surface area contributed by atoms with E-state index in [1.54, 1.807) is 16.4 Å². The van der Waals surface area contributed by atoms with E-state index in [1.165, 1.54) is 11.1 Å². The number of aryl methyl sites for hydroxylation is 1. The van der Waals surface area contributed by atoms with E-state index in [0.717, 1.165) is 35.5 Å². The largest absolute Gasteiger partial charge is 0.243 e. The third-order valence-electron chi connectivity index (χ3n) is 7.39. The molecule has 0 N–H and O–H groups in total. The first-order chi connectivity index (χ1) is 16.6. The van der Waals surface area contributed by atoms with Gasteiger partial charge in [-0.3, -0.25) is 0 Å². The van der Waals surface area contributed by atoms with Gasteiger partial charge in [0, 0.05) is 24.7 Å². The zero-order chi connectivity index (χ0) is 24.8. The molecular weight excluding hydrogens is 454 g/mol. The average molecular weight is 488 g/mol. The smallest absolute Gasteiger partial charge is 0.241 e. The van der Waals surface area contributed by atoms with Crippen LogP contribution in [-0.2, 0) is 28.3 Å². The molecule has 1 saturated heterocycles. The van der Waals surface area contributed by atoms with Crippen LogP contribution >= 0.6 is 0 Å². The van der Waals surface area contributed by atoms with Gasteiger partial charge in [-0.25, -0.2) is 18.4 Å². The molecule has 182 valence electrons. The van der Waals surface area contributed by atoms with Crippen LogP contribution in [0.15, 0.2) is 71.3 Å². The van der Waals surface area contributed by atoms with E-state index in [-0.39, 0.29) is 10.8 Å². The normalized spacial score (nSPS) is 20.6. The molecule has 6 heteroatoms. The van der Waals surface area contributed by atoms with Gasteiger partial charge in [0.2, 0.25) is 10.0 Å². The number of hydrogen-bond acceptors (Lipinski definition) is 4. The fourth-order valence-corrected chi connectivity index (χ4v) is 6.95. The topological polar surface area (TPSA) is 63.2 Å². The molecule has 0 spiro atoms. The van der Waals surface area contributed by atoms with E-state index in [0.29, 0.717) is 24.4 Å². The minimum Gasteiger partial charge on any atom is -0.241 e. The lowest BCUT2D eigenvalue weighted by molar-refractivity contribution is 0.209. The van der Waals surface area contributed by atoms with Crippen LogP contribution in [0.1, 0.15) is 55.4 Å². The summed E-state index contributed by atoms with van der Waals surface area (Å²) in [5, 5.41) is 0. The maximum absolute atomic E-state index is 13.8.